The molecule has 0 bridgehead atoms. The zero-order chi connectivity index (χ0) is 36.7. The lowest BCUT2D eigenvalue weighted by Gasteiger charge is -2.31. The van der Waals surface area contributed by atoms with Crippen LogP contribution in [-0.4, -0.2) is 73.5 Å². The van der Waals surface area contributed by atoms with E-state index >= 15 is 0 Å². The smallest absolute Gasteiger partial charge is 0.409 e. The molecule has 2 aromatic heterocycles. The minimum atomic E-state index is -1.09. The number of thiophene rings is 1. The van der Waals surface area contributed by atoms with Crippen LogP contribution in [0.25, 0.3) is 5.00 Å². The molecule has 2 aromatic carbocycles. The maximum atomic E-state index is 13.1. The molecule has 4 amide bonds. The van der Waals surface area contributed by atoms with E-state index in [-0.39, 0.29) is 44.3 Å². The number of aliphatic imine (C=N–C) groups is 1. The van der Waals surface area contributed by atoms with E-state index in [1.54, 1.807) is 41.7 Å². The first kappa shape index (κ1) is 35.3. The average Bonchev–Trinajstić information content (AvgIpc) is 3.72. The Morgan fingerprint density at radius 1 is 1.12 bits per heavy atom. The SMILES string of the molecule is Cc1sc2c(c1C)C(c1ccc(Cl)cc1)=N[C@@H](OC(=O)NCCCCN([O-])Nc1cccc3c1CN(C1CCC(=O)NC1=O)C3=O)c1nnc(C)n1-2. The van der Waals surface area contributed by atoms with Crippen LogP contribution in [-0.2, 0) is 20.9 Å². The van der Waals surface area contributed by atoms with Crippen molar-refractivity contribution < 1.29 is 23.9 Å². The number of alkyl carbamates (subject to hydrolysis) is 1. The molecule has 17 heteroatoms. The Hall–Kier alpha value is -5.16. The number of hydrogen-bond acceptors (Lipinski definition) is 12. The molecule has 52 heavy (non-hydrogen) atoms. The zero-order valence-corrected chi connectivity index (χ0v) is 30.1. The van der Waals surface area contributed by atoms with E-state index in [4.69, 9.17) is 21.3 Å². The summed E-state index contributed by atoms with van der Waals surface area (Å²) in [7, 11) is 0. The van der Waals surface area contributed by atoms with Crippen molar-refractivity contribution in [2.45, 2.75) is 65.3 Å². The predicted octanol–water partition coefficient (Wildman–Crippen LogP) is 4.85. The maximum Gasteiger partial charge on any atom is 0.409 e. The molecule has 5 heterocycles. The number of hydroxylamine groups is 1. The van der Waals surface area contributed by atoms with Gasteiger partial charge in [0.1, 0.15) is 16.9 Å². The molecule has 1 saturated heterocycles. The molecule has 4 aromatic rings. The second-order valence-electron chi connectivity index (χ2n) is 12.7. The minimum Gasteiger partial charge on any atom is -0.767 e. The molecule has 7 rings (SSSR count). The van der Waals surface area contributed by atoms with Crippen LogP contribution in [0.4, 0.5) is 10.5 Å². The van der Waals surface area contributed by atoms with Crippen molar-refractivity contribution >= 4 is 58.2 Å². The van der Waals surface area contributed by atoms with E-state index in [1.165, 1.54) is 4.90 Å². The van der Waals surface area contributed by atoms with Gasteiger partial charge >= 0.3 is 6.09 Å². The van der Waals surface area contributed by atoms with Crippen LogP contribution in [0.1, 0.15) is 81.0 Å². The number of hydrogen-bond donors (Lipinski definition) is 3. The number of nitrogens with zero attached hydrogens (tertiary/aromatic N) is 6. The normalized spacial score (nSPS) is 18.0. The number of anilines is 1. The molecule has 3 aliphatic rings. The third kappa shape index (κ3) is 6.77. The minimum absolute atomic E-state index is 0.0894. The lowest BCUT2D eigenvalue weighted by molar-refractivity contribution is -0.136. The molecule has 0 spiro atoms. The zero-order valence-electron chi connectivity index (χ0n) is 28.6. The van der Waals surface area contributed by atoms with Gasteiger partial charge in [0.25, 0.3) is 12.1 Å². The van der Waals surface area contributed by atoms with E-state index in [1.807, 2.05) is 37.5 Å². The predicted molar refractivity (Wildman–Crippen MR) is 193 cm³/mol. The number of fused-ring (bicyclic) bond motifs is 4. The third-order valence-corrected chi connectivity index (χ3v) is 10.8. The van der Waals surface area contributed by atoms with Gasteiger partial charge < -0.3 is 25.6 Å². The molecule has 1 unspecified atom stereocenters. The Morgan fingerprint density at radius 3 is 2.67 bits per heavy atom. The first-order valence-corrected chi connectivity index (χ1v) is 18.0. The van der Waals surface area contributed by atoms with Crippen LogP contribution in [0, 0.1) is 26.0 Å². The fraction of sp³-hybridized carbons (Fsp3) is 0.343. The molecule has 3 aliphatic heterocycles. The number of halogens is 1. The standard InChI is InChI=1S/C35H35ClN9O6S/c1-18-19(2)52-34-28(18)29(21-9-11-22(36)12-10-21)39-32(30-41-40-20(3)45(30)34)51-35(49)37-15-4-5-16-44(50)42-25-8-6-7-23-24(25)17-43(33(23)48)26-13-14-27(46)38-31(26)47/h6-12,26,32,42H,4-5,13-17H2,1-3H3,(H,37,49)(H,38,46,47)/q-1/t26?,32-/m0/s1. The number of aryl methyl sites for hydroxylation is 2. The van der Waals surface area contributed by atoms with Crippen LogP contribution in [0.2, 0.25) is 5.02 Å². The molecule has 0 aliphatic carbocycles. The number of piperidine rings is 1. The maximum absolute atomic E-state index is 13.1. The second-order valence-corrected chi connectivity index (χ2v) is 14.4. The molecule has 270 valence electrons. The molecule has 1 fully saturated rings. The number of nitrogens with one attached hydrogen (secondary N) is 3. The molecule has 2 atom stereocenters. The summed E-state index contributed by atoms with van der Waals surface area (Å²) < 4.78 is 7.72. The number of aromatic nitrogens is 3. The van der Waals surface area contributed by atoms with Gasteiger partial charge in [-0.2, -0.15) is 0 Å². The van der Waals surface area contributed by atoms with Gasteiger partial charge in [0.2, 0.25) is 17.6 Å². The second kappa shape index (κ2) is 14.5. The lowest BCUT2D eigenvalue weighted by atomic mass is 10.00. The highest BCUT2D eigenvalue weighted by atomic mass is 35.5. The summed E-state index contributed by atoms with van der Waals surface area (Å²) in [5, 5.41) is 28.6. The highest BCUT2D eigenvalue weighted by Crippen LogP contribution is 2.39. The van der Waals surface area contributed by atoms with Crippen molar-refractivity contribution in [2.75, 3.05) is 18.5 Å². The number of imide groups is 1. The number of benzene rings is 2. The van der Waals surface area contributed by atoms with E-state index in [9.17, 15) is 24.4 Å². The summed E-state index contributed by atoms with van der Waals surface area (Å²) in [6.07, 6.45) is -0.478. The quantitative estimate of drug-likeness (QED) is 0.115. The topological polar surface area (TPSA) is 186 Å². The van der Waals surface area contributed by atoms with Crippen LogP contribution >= 0.6 is 22.9 Å². The summed E-state index contributed by atoms with van der Waals surface area (Å²) in [5.41, 5.74) is 7.70. The van der Waals surface area contributed by atoms with Gasteiger partial charge in [-0.15, -0.1) is 21.5 Å². The Morgan fingerprint density at radius 2 is 1.90 bits per heavy atom. The highest BCUT2D eigenvalue weighted by molar-refractivity contribution is 7.15. The van der Waals surface area contributed by atoms with Gasteiger partial charge in [-0.25, -0.2) is 9.79 Å². The summed E-state index contributed by atoms with van der Waals surface area (Å²) in [6, 6.07) is 11.6. The van der Waals surface area contributed by atoms with Crippen LogP contribution in [0.5, 0.6) is 0 Å². The molecule has 3 N–H and O–H groups in total. The van der Waals surface area contributed by atoms with Crippen LogP contribution in [0.15, 0.2) is 47.5 Å². The van der Waals surface area contributed by atoms with Gasteiger partial charge in [-0.1, -0.05) is 29.8 Å². The molecule has 15 nitrogen and oxygen atoms in total. The first-order valence-electron chi connectivity index (χ1n) is 16.8. The monoisotopic (exact) mass is 744 g/mol. The number of carbonyl (C=O) groups excluding carboxylic acids is 4. The highest BCUT2D eigenvalue weighted by Gasteiger charge is 2.40. The Labute approximate surface area is 307 Å². The Bertz CT molecular complexity index is 2110. The number of rotatable bonds is 10. The van der Waals surface area contributed by atoms with Crippen molar-refractivity contribution in [3.63, 3.8) is 0 Å². The van der Waals surface area contributed by atoms with Gasteiger partial charge in [-0.05, 0) is 69.9 Å². The average molecular weight is 745 g/mol. The van der Waals surface area contributed by atoms with E-state index in [2.05, 4.69) is 26.3 Å². The first-order chi connectivity index (χ1) is 25.0. The van der Waals surface area contributed by atoms with Crippen molar-refractivity contribution in [3.05, 3.63) is 97.0 Å². The van der Waals surface area contributed by atoms with Crippen LogP contribution in [0.3, 0.4) is 0 Å². The summed E-state index contributed by atoms with van der Waals surface area (Å²) in [6.45, 7) is 6.38. The summed E-state index contributed by atoms with van der Waals surface area (Å²) in [5.74, 6) is -0.173. The molecular formula is C35H35ClN9O6S-. The number of amides is 4. The van der Waals surface area contributed by atoms with Gasteiger partial charge in [0.05, 0.1) is 11.4 Å². The van der Waals surface area contributed by atoms with E-state index < -0.39 is 24.3 Å². The summed E-state index contributed by atoms with van der Waals surface area (Å²) >= 11 is 7.78. The number of carbonyl (C=O) groups is 4. The van der Waals surface area contributed by atoms with Crippen molar-refractivity contribution in [1.29, 1.82) is 0 Å². The lowest BCUT2D eigenvalue weighted by Crippen LogP contribution is -2.52. The number of ether oxygens (including phenoxy) is 1. The van der Waals surface area contributed by atoms with Gasteiger partial charge in [-0.3, -0.25) is 29.4 Å². The van der Waals surface area contributed by atoms with Crippen molar-refractivity contribution in [1.82, 2.24) is 35.5 Å². The largest absolute Gasteiger partial charge is 0.767 e. The molecule has 0 saturated carbocycles. The fourth-order valence-electron chi connectivity index (χ4n) is 6.57. The van der Waals surface area contributed by atoms with E-state index in [0.717, 1.165) is 26.6 Å². The fourth-order valence-corrected chi connectivity index (χ4v) is 7.91. The van der Waals surface area contributed by atoms with Gasteiger partial charge in [0.15, 0.2) is 0 Å². The Balaban J connectivity index is 0.954. The van der Waals surface area contributed by atoms with Gasteiger partial charge in [0, 0.05) is 58.2 Å². The Kier molecular flexibility index (Phi) is 9.80. The van der Waals surface area contributed by atoms with Crippen molar-refractivity contribution in [2.24, 2.45) is 4.99 Å². The molecular weight excluding hydrogens is 710 g/mol. The number of hydrazine groups is 1. The number of unbranched alkanes of at least 4 members (excludes halogenated alkanes) is 1. The summed E-state index contributed by atoms with van der Waals surface area (Å²) in [4.78, 5) is 57.6. The third-order valence-electron chi connectivity index (χ3n) is 9.34. The molecule has 0 radical (unpaired) electrons. The van der Waals surface area contributed by atoms with Crippen LogP contribution < -0.4 is 16.1 Å². The van der Waals surface area contributed by atoms with E-state index in [0.29, 0.717) is 57.2 Å². The van der Waals surface area contributed by atoms with Crippen molar-refractivity contribution in [3.8, 4) is 5.00 Å².